The second-order valence-electron chi connectivity index (χ2n) is 7.36. The molecule has 0 bridgehead atoms. The van der Waals surface area contributed by atoms with Gasteiger partial charge in [-0.25, -0.2) is 13.6 Å². The van der Waals surface area contributed by atoms with Crippen LogP contribution in [0.1, 0.15) is 19.4 Å². The standard InChI is InChI=1S/C19H22F2N6O3/c1-12(28)22-9-14-10-26(19(29)30-14)13-2-3-17(15(20)8-13)25-7-4-18(16(21)11-25)27-23-5-6-24-27/h2-3,5-6,8,14,16,18H,4,7,9-11H2,1H3,(H,22,28). The van der Waals surface area contributed by atoms with Crippen molar-refractivity contribution in [3.05, 3.63) is 36.4 Å². The molecule has 4 rings (SSSR count). The molecule has 2 saturated heterocycles. The molecule has 2 aromatic rings. The number of hydrogen-bond acceptors (Lipinski definition) is 6. The summed E-state index contributed by atoms with van der Waals surface area (Å²) < 4.78 is 34.7. The second kappa shape index (κ2) is 8.25. The number of hydrogen-bond donors (Lipinski definition) is 1. The predicted molar refractivity (Wildman–Crippen MR) is 103 cm³/mol. The lowest BCUT2D eigenvalue weighted by molar-refractivity contribution is -0.119. The number of nitrogens with zero attached hydrogens (tertiary/aromatic N) is 5. The number of amides is 2. The van der Waals surface area contributed by atoms with Crippen molar-refractivity contribution in [3.8, 4) is 0 Å². The van der Waals surface area contributed by atoms with E-state index in [0.29, 0.717) is 18.7 Å². The lowest BCUT2D eigenvalue weighted by Gasteiger charge is -2.35. The van der Waals surface area contributed by atoms with Crippen LogP contribution in [0.3, 0.4) is 0 Å². The van der Waals surface area contributed by atoms with E-state index in [-0.39, 0.29) is 31.2 Å². The molecule has 2 amide bonds. The SMILES string of the molecule is CC(=O)NCC1CN(c2ccc(N3CCC(n4nccn4)C(F)C3)c(F)c2)C(=O)O1. The van der Waals surface area contributed by atoms with Crippen LogP contribution in [0, 0.1) is 5.82 Å². The first-order valence-corrected chi connectivity index (χ1v) is 9.69. The molecular weight excluding hydrogens is 398 g/mol. The van der Waals surface area contributed by atoms with Crippen LogP contribution in [0.15, 0.2) is 30.6 Å². The van der Waals surface area contributed by atoms with Gasteiger partial charge in [0, 0.05) is 13.5 Å². The summed E-state index contributed by atoms with van der Waals surface area (Å²) in [6, 6.07) is 3.91. The predicted octanol–water partition coefficient (Wildman–Crippen LogP) is 1.67. The third-order valence-electron chi connectivity index (χ3n) is 5.28. The van der Waals surface area contributed by atoms with E-state index in [1.165, 1.54) is 41.1 Å². The van der Waals surface area contributed by atoms with Gasteiger partial charge in [-0.3, -0.25) is 9.69 Å². The van der Waals surface area contributed by atoms with Crippen LogP contribution in [-0.2, 0) is 9.53 Å². The van der Waals surface area contributed by atoms with Gasteiger partial charge in [0.15, 0.2) is 0 Å². The van der Waals surface area contributed by atoms with Crippen LogP contribution in [0.5, 0.6) is 0 Å². The van der Waals surface area contributed by atoms with E-state index in [9.17, 15) is 18.4 Å². The van der Waals surface area contributed by atoms with Crippen molar-refractivity contribution >= 4 is 23.4 Å². The molecule has 2 aliphatic rings. The van der Waals surface area contributed by atoms with Crippen molar-refractivity contribution in [2.75, 3.05) is 36.0 Å². The Kier molecular flexibility index (Phi) is 5.51. The van der Waals surface area contributed by atoms with E-state index in [1.807, 2.05) is 0 Å². The molecule has 3 unspecified atom stereocenters. The summed E-state index contributed by atoms with van der Waals surface area (Å²) in [5.41, 5.74) is 0.620. The Hall–Kier alpha value is -3.24. The van der Waals surface area contributed by atoms with Crippen molar-refractivity contribution in [1.82, 2.24) is 20.3 Å². The number of halogens is 2. The molecule has 2 fully saturated rings. The molecule has 0 saturated carbocycles. The summed E-state index contributed by atoms with van der Waals surface area (Å²) >= 11 is 0. The lowest BCUT2D eigenvalue weighted by Crippen LogP contribution is -2.43. The summed E-state index contributed by atoms with van der Waals surface area (Å²) in [5, 5.41) is 10.6. The number of cyclic esters (lactones) is 1. The highest BCUT2D eigenvalue weighted by atomic mass is 19.1. The van der Waals surface area contributed by atoms with E-state index in [2.05, 4.69) is 15.5 Å². The van der Waals surface area contributed by atoms with E-state index in [1.54, 1.807) is 11.0 Å². The maximum atomic E-state index is 14.8. The summed E-state index contributed by atoms with van der Waals surface area (Å²) in [5.74, 6) is -0.772. The van der Waals surface area contributed by atoms with Crippen molar-refractivity contribution in [2.45, 2.75) is 31.7 Å². The number of benzene rings is 1. The molecule has 3 atom stereocenters. The zero-order valence-electron chi connectivity index (χ0n) is 16.4. The molecule has 3 heterocycles. The smallest absolute Gasteiger partial charge is 0.414 e. The first-order chi connectivity index (χ1) is 14.4. The van der Waals surface area contributed by atoms with Crippen LogP contribution in [-0.4, -0.2) is 65.4 Å². The highest BCUT2D eigenvalue weighted by Crippen LogP contribution is 2.32. The third-order valence-corrected chi connectivity index (χ3v) is 5.28. The molecular formula is C19H22F2N6O3. The fourth-order valence-corrected chi connectivity index (χ4v) is 3.79. The van der Waals surface area contributed by atoms with Crippen LogP contribution < -0.4 is 15.1 Å². The molecule has 30 heavy (non-hydrogen) atoms. The topological polar surface area (TPSA) is 92.6 Å². The minimum atomic E-state index is -1.24. The number of anilines is 2. The van der Waals surface area contributed by atoms with E-state index in [0.717, 1.165) is 0 Å². The van der Waals surface area contributed by atoms with Crippen LogP contribution in [0.2, 0.25) is 0 Å². The molecule has 1 aromatic carbocycles. The Morgan fingerprint density at radius 1 is 1.30 bits per heavy atom. The number of ether oxygens (including phenoxy) is 1. The highest BCUT2D eigenvalue weighted by molar-refractivity contribution is 5.90. The number of aromatic nitrogens is 3. The zero-order valence-corrected chi connectivity index (χ0v) is 16.4. The molecule has 0 spiro atoms. The van der Waals surface area contributed by atoms with Crippen molar-refractivity contribution in [3.63, 3.8) is 0 Å². The quantitative estimate of drug-likeness (QED) is 0.791. The number of carbonyl (C=O) groups is 2. The minimum Gasteiger partial charge on any atom is -0.442 e. The van der Waals surface area contributed by atoms with Crippen LogP contribution in [0.25, 0.3) is 0 Å². The van der Waals surface area contributed by atoms with Crippen molar-refractivity contribution in [1.29, 1.82) is 0 Å². The molecule has 9 nitrogen and oxygen atoms in total. The lowest BCUT2D eigenvalue weighted by atomic mass is 10.0. The number of rotatable bonds is 5. The average molecular weight is 420 g/mol. The van der Waals surface area contributed by atoms with Crippen molar-refractivity contribution < 1.29 is 23.1 Å². The van der Waals surface area contributed by atoms with Crippen molar-refractivity contribution in [2.24, 2.45) is 0 Å². The Bertz CT molecular complexity index is 925. The number of alkyl halides is 1. The second-order valence-corrected chi connectivity index (χ2v) is 7.36. The Labute approximate surface area is 171 Å². The third kappa shape index (κ3) is 4.05. The zero-order chi connectivity index (χ0) is 21.3. The Balaban J connectivity index is 1.42. The van der Waals surface area contributed by atoms with Gasteiger partial charge in [0.25, 0.3) is 0 Å². The molecule has 1 N–H and O–H groups in total. The van der Waals surface area contributed by atoms with Gasteiger partial charge < -0.3 is 15.0 Å². The number of carbonyl (C=O) groups excluding carboxylic acids is 2. The summed E-state index contributed by atoms with van der Waals surface area (Å²) in [4.78, 5) is 27.5. The van der Waals surface area contributed by atoms with Gasteiger partial charge in [-0.05, 0) is 24.6 Å². The summed E-state index contributed by atoms with van der Waals surface area (Å²) in [7, 11) is 0. The van der Waals surface area contributed by atoms with Crippen LogP contribution >= 0.6 is 0 Å². The van der Waals surface area contributed by atoms with Crippen LogP contribution in [0.4, 0.5) is 25.0 Å². The monoisotopic (exact) mass is 420 g/mol. The normalized spacial score (nSPS) is 24.1. The molecule has 0 radical (unpaired) electrons. The molecule has 160 valence electrons. The van der Waals surface area contributed by atoms with Gasteiger partial charge in [0.05, 0.1) is 43.4 Å². The molecule has 0 aliphatic carbocycles. The fourth-order valence-electron chi connectivity index (χ4n) is 3.79. The molecule has 11 heteroatoms. The minimum absolute atomic E-state index is 0.0209. The summed E-state index contributed by atoms with van der Waals surface area (Å²) in [6.45, 7) is 2.24. The Morgan fingerprint density at radius 3 is 2.73 bits per heavy atom. The number of nitrogens with one attached hydrogen (secondary N) is 1. The maximum Gasteiger partial charge on any atom is 0.414 e. The van der Waals surface area contributed by atoms with Gasteiger partial charge in [0.2, 0.25) is 5.91 Å². The highest BCUT2D eigenvalue weighted by Gasteiger charge is 2.35. The fraction of sp³-hybridized carbons (Fsp3) is 0.474. The van der Waals surface area contributed by atoms with Gasteiger partial charge in [0.1, 0.15) is 24.1 Å². The van der Waals surface area contributed by atoms with E-state index >= 15 is 0 Å². The van der Waals surface area contributed by atoms with Gasteiger partial charge in [-0.2, -0.15) is 15.0 Å². The van der Waals surface area contributed by atoms with Gasteiger partial charge in [-0.15, -0.1) is 0 Å². The number of piperidine rings is 1. The van der Waals surface area contributed by atoms with Gasteiger partial charge >= 0.3 is 6.09 Å². The maximum absolute atomic E-state index is 14.8. The summed E-state index contributed by atoms with van der Waals surface area (Å²) in [6.07, 6.45) is 1.09. The van der Waals surface area contributed by atoms with E-state index < -0.39 is 30.2 Å². The molecule has 1 aromatic heterocycles. The average Bonchev–Trinajstić information content (AvgIpc) is 3.36. The Morgan fingerprint density at radius 2 is 2.07 bits per heavy atom. The van der Waals surface area contributed by atoms with E-state index in [4.69, 9.17) is 4.74 Å². The first-order valence-electron chi connectivity index (χ1n) is 9.69. The first kappa shape index (κ1) is 20.0. The van der Waals surface area contributed by atoms with Gasteiger partial charge in [-0.1, -0.05) is 0 Å². The molecule has 2 aliphatic heterocycles. The largest absolute Gasteiger partial charge is 0.442 e.